The summed E-state index contributed by atoms with van der Waals surface area (Å²) in [6.45, 7) is 2.38. The number of aryl methyl sites for hydroxylation is 1. The molecule has 0 radical (unpaired) electrons. The Labute approximate surface area is 193 Å². The summed E-state index contributed by atoms with van der Waals surface area (Å²) >= 11 is 6.21. The Morgan fingerprint density at radius 3 is 2.34 bits per heavy atom. The number of halogens is 1. The molecule has 4 rings (SSSR count). The second-order valence-corrected chi connectivity index (χ2v) is 8.05. The second-order valence-electron chi connectivity index (χ2n) is 7.64. The minimum absolute atomic E-state index is 0.163. The van der Waals surface area contributed by atoms with E-state index in [0.717, 1.165) is 22.3 Å². The van der Waals surface area contributed by atoms with Crippen LogP contribution in [0, 0.1) is 6.92 Å². The largest absolute Gasteiger partial charge is 0.489 e. The van der Waals surface area contributed by atoms with Gasteiger partial charge in [-0.15, -0.1) is 0 Å². The number of amides is 1. The monoisotopic (exact) mass is 441 g/mol. The number of ether oxygens (including phenoxy) is 1. The first kappa shape index (κ1) is 21.7. The zero-order valence-corrected chi connectivity index (χ0v) is 18.5. The lowest BCUT2D eigenvalue weighted by Gasteiger charge is -2.20. The fraction of sp³-hybridized carbons (Fsp3) is 0.107. The number of nitrogens with one attached hydrogen (secondary N) is 1. The summed E-state index contributed by atoms with van der Waals surface area (Å²) in [5, 5.41) is 3.85. The van der Waals surface area contributed by atoms with Crippen LogP contribution >= 0.6 is 11.6 Å². The predicted molar refractivity (Wildman–Crippen MR) is 129 cm³/mol. The molecule has 0 saturated heterocycles. The molecule has 4 heteroatoms. The Morgan fingerprint density at radius 1 is 0.844 bits per heavy atom. The van der Waals surface area contributed by atoms with E-state index in [1.54, 1.807) is 12.1 Å². The fourth-order valence-electron chi connectivity index (χ4n) is 3.57. The number of hydrogen-bond donors (Lipinski definition) is 1. The van der Waals surface area contributed by atoms with E-state index in [9.17, 15) is 4.79 Å². The summed E-state index contributed by atoms with van der Waals surface area (Å²) < 4.78 is 5.89. The minimum atomic E-state index is -0.253. The summed E-state index contributed by atoms with van der Waals surface area (Å²) in [7, 11) is 0. The van der Waals surface area contributed by atoms with Gasteiger partial charge in [0.25, 0.3) is 5.91 Å². The highest BCUT2D eigenvalue weighted by molar-refractivity contribution is 6.31. The van der Waals surface area contributed by atoms with E-state index in [1.165, 1.54) is 0 Å². The van der Waals surface area contributed by atoms with Crippen LogP contribution in [0.3, 0.4) is 0 Å². The SMILES string of the molecule is Cc1cccc(C(NC(=O)c2cccc(OCc3ccccc3Cl)c2)c2ccccc2)c1. The lowest BCUT2D eigenvalue weighted by molar-refractivity contribution is 0.0942. The molecule has 0 aliphatic carbocycles. The van der Waals surface area contributed by atoms with Crippen LogP contribution in [0.1, 0.15) is 38.7 Å². The first-order valence-corrected chi connectivity index (χ1v) is 10.9. The highest BCUT2D eigenvalue weighted by Crippen LogP contribution is 2.24. The van der Waals surface area contributed by atoms with Gasteiger partial charge in [-0.25, -0.2) is 0 Å². The minimum Gasteiger partial charge on any atom is -0.489 e. The molecule has 32 heavy (non-hydrogen) atoms. The normalized spacial score (nSPS) is 11.6. The molecule has 0 bridgehead atoms. The van der Waals surface area contributed by atoms with E-state index in [1.807, 2.05) is 91.9 Å². The molecular formula is C28H24ClNO2. The number of carbonyl (C=O) groups is 1. The van der Waals surface area contributed by atoms with Crippen molar-refractivity contribution in [2.45, 2.75) is 19.6 Å². The van der Waals surface area contributed by atoms with Gasteiger partial charge >= 0.3 is 0 Å². The van der Waals surface area contributed by atoms with Crippen molar-refractivity contribution in [2.24, 2.45) is 0 Å². The maximum atomic E-state index is 13.2. The van der Waals surface area contributed by atoms with E-state index < -0.39 is 0 Å². The van der Waals surface area contributed by atoms with Crippen LogP contribution in [0.5, 0.6) is 5.75 Å². The average Bonchev–Trinajstić information content (AvgIpc) is 2.82. The zero-order valence-electron chi connectivity index (χ0n) is 17.8. The summed E-state index contributed by atoms with van der Waals surface area (Å²) in [4.78, 5) is 13.2. The standard InChI is InChI=1S/C28H24ClNO2/c1-20-9-7-13-22(17-20)27(21-10-3-2-4-11-21)30-28(31)23-14-8-15-25(18-23)32-19-24-12-5-6-16-26(24)29/h2-18,27H,19H2,1H3,(H,30,31). The lowest BCUT2D eigenvalue weighted by Crippen LogP contribution is -2.29. The summed E-state index contributed by atoms with van der Waals surface area (Å²) in [5.74, 6) is 0.452. The first-order valence-electron chi connectivity index (χ1n) is 10.5. The molecular weight excluding hydrogens is 418 g/mol. The average molecular weight is 442 g/mol. The molecule has 0 aromatic heterocycles. The van der Waals surface area contributed by atoms with Gasteiger partial charge in [-0.2, -0.15) is 0 Å². The molecule has 3 nitrogen and oxygen atoms in total. The number of hydrogen-bond acceptors (Lipinski definition) is 2. The molecule has 0 fully saturated rings. The molecule has 1 atom stereocenters. The van der Waals surface area contributed by atoms with Crippen molar-refractivity contribution in [3.8, 4) is 5.75 Å². The summed E-state index contributed by atoms with van der Waals surface area (Å²) in [5.41, 5.74) is 4.64. The molecule has 0 saturated carbocycles. The van der Waals surface area contributed by atoms with Gasteiger partial charge in [0.05, 0.1) is 6.04 Å². The second kappa shape index (κ2) is 10.2. The van der Waals surface area contributed by atoms with Crippen molar-refractivity contribution in [1.29, 1.82) is 0 Å². The van der Waals surface area contributed by atoms with Gasteiger partial charge in [0.15, 0.2) is 0 Å². The van der Waals surface area contributed by atoms with Crippen molar-refractivity contribution in [1.82, 2.24) is 5.32 Å². The molecule has 4 aromatic carbocycles. The zero-order chi connectivity index (χ0) is 22.3. The lowest BCUT2D eigenvalue weighted by atomic mass is 9.97. The van der Waals surface area contributed by atoms with Crippen LogP contribution in [0.4, 0.5) is 0 Å². The van der Waals surface area contributed by atoms with E-state index in [4.69, 9.17) is 16.3 Å². The smallest absolute Gasteiger partial charge is 0.252 e. The molecule has 0 heterocycles. The van der Waals surface area contributed by atoms with Crippen LogP contribution in [0.2, 0.25) is 5.02 Å². The molecule has 1 N–H and O–H groups in total. The van der Waals surface area contributed by atoms with Gasteiger partial charge in [-0.3, -0.25) is 4.79 Å². The van der Waals surface area contributed by atoms with E-state index in [2.05, 4.69) is 11.4 Å². The Bertz CT molecular complexity index is 1210. The van der Waals surface area contributed by atoms with E-state index >= 15 is 0 Å². The third-order valence-corrected chi connectivity index (χ3v) is 5.60. The third kappa shape index (κ3) is 5.37. The topological polar surface area (TPSA) is 38.3 Å². The van der Waals surface area contributed by atoms with Gasteiger partial charge in [0.1, 0.15) is 12.4 Å². The fourth-order valence-corrected chi connectivity index (χ4v) is 3.76. The van der Waals surface area contributed by atoms with Crippen molar-refractivity contribution in [3.05, 3.63) is 136 Å². The van der Waals surface area contributed by atoms with Crippen LogP contribution in [-0.4, -0.2) is 5.91 Å². The van der Waals surface area contributed by atoms with Crippen LogP contribution in [0.15, 0.2) is 103 Å². The van der Waals surface area contributed by atoms with Crippen LogP contribution in [0.25, 0.3) is 0 Å². The Kier molecular flexibility index (Phi) is 6.88. The van der Waals surface area contributed by atoms with Crippen LogP contribution in [-0.2, 0) is 6.61 Å². The Balaban J connectivity index is 1.53. The van der Waals surface area contributed by atoms with Crippen molar-refractivity contribution in [2.75, 3.05) is 0 Å². The molecule has 160 valence electrons. The van der Waals surface area contributed by atoms with Crippen molar-refractivity contribution < 1.29 is 9.53 Å². The Morgan fingerprint density at radius 2 is 1.56 bits per heavy atom. The van der Waals surface area contributed by atoms with Gasteiger partial charge in [-0.05, 0) is 42.3 Å². The summed E-state index contributed by atoms with van der Waals surface area (Å²) in [6.07, 6.45) is 0. The number of rotatable bonds is 7. The van der Waals surface area contributed by atoms with E-state index in [0.29, 0.717) is 22.9 Å². The third-order valence-electron chi connectivity index (χ3n) is 5.23. The van der Waals surface area contributed by atoms with E-state index in [-0.39, 0.29) is 11.9 Å². The molecule has 4 aromatic rings. The van der Waals surface area contributed by atoms with Gasteiger partial charge in [0.2, 0.25) is 0 Å². The van der Waals surface area contributed by atoms with Crippen molar-refractivity contribution in [3.63, 3.8) is 0 Å². The van der Waals surface area contributed by atoms with Gasteiger partial charge < -0.3 is 10.1 Å². The molecule has 0 aliphatic rings. The molecule has 1 amide bonds. The first-order chi connectivity index (χ1) is 15.6. The Hall–Kier alpha value is -3.56. The quantitative estimate of drug-likeness (QED) is 0.344. The molecule has 0 aliphatic heterocycles. The highest BCUT2D eigenvalue weighted by Gasteiger charge is 2.18. The highest BCUT2D eigenvalue weighted by atomic mass is 35.5. The number of carbonyl (C=O) groups excluding carboxylic acids is 1. The number of benzene rings is 4. The summed E-state index contributed by atoms with van der Waals surface area (Å²) in [6, 6.07) is 32.7. The molecule has 1 unspecified atom stereocenters. The van der Waals surface area contributed by atoms with Crippen LogP contribution < -0.4 is 10.1 Å². The maximum Gasteiger partial charge on any atom is 0.252 e. The van der Waals surface area contributed by atoms with Gasteiger partial charge in [0, 0.05) is 16.1 Å². The predicted octanol–water partition coefficient (Wildman–Crippen LogP) is 6.75. The maximum absolute atomic E-state index is 13.2. The van der Waals surface area contributed by atoms with Crippen molar-refractivity contribution >= 4 is 17.5 Å². The van der Waals surface area contributed by atoms with Gasteiger partial charge in [-0.1, -0.05) is 96.0 Å². The molecule has 0 spiro atoms.